The molecule has 152 valence electrons. The first-order valence-electron chi connectivity index (χ1n) is 9.77. The summed E-state index contributed by atoms with van der Waals surface area (Å²) >= 11 is 7.54. The van der Waals surface area contributed by atoms with Gasteiger partial charge < -0.3 is 5.32 Å². The van der Waals surface area contributed by atoms with E-state index in [1.165, 1.54) is 11.8 Å². The molecule has 0 aliphatic rings. The van der Waals surface area contributed by atoms with Crippen molar-refractivity contribution in [3.63, 3.8) is 0 Å². The van der Waals surface area contributed by atoms with Gasteiger partial charge in [-0.25, -0.2) is 4.98 Å². The van der Waals surface area contributed by atoms with Gasteiger partial charge in [0.2, 0.25) is 5.91 Å². The lowest BCUT2D eigenvalue weighted by molar-refractivity contribution is -0.121. The number of fused-ring (bicyclic) bond motifs is 1. The van der Waals surface area contributed by atoms with Gasteiger partial charge in [-0.05, 0) is 55.7 Å². The molecule has 3 aromatic rings. The van der Waals surface area contributed by atoms with Crippen LogP contribution >= 0.6 is 23.4 Å². The number of unbranched alkanes of at least 4 members (excludes halogenated alkanes) is 1. The van der Waals surface area contributed by atoms with Gasteiger partial charge in [0.1, 0.15) is 0 Å². The van der Waals surface area contributed by atoms with Crippen molar-refractivity contribution in [2.75, 3.05) is 12.3 Å². The van der Waals surface area contributed by atoms with E-state index in [0.717, 1.165) is 37.2 Å². The average Bonchev–Trinajstić information content (AvgIpc) is 2.73. The lowest BCUT2D eigenvalue weighted by Gasteiger charge is -2.13. The van der Waals surface area contributed by atoms with Gasteiger partial charge in [-0.1, -0.05) is 42.4 Å². The maximum Gasteiger partial charge on any atom is 0.266 e. The fourth-order valence-corrected chi connectivity index (χ4v) is 4.07. The van der Waals surface area contributed by atoms with Gasteiger partial charge in [0, 0.05) is 23.7 Å². The van der Waals surface area contributed by atoms with Gasteiger partial charge in [0.05, 0.1) is 16.6 Å². The second-order valence-corrected chi connectivity index (χ2v) is 8.18. The molecule has 0 unspecified atom stereocenters. The van der Waals surface area contributed by atoms with Crippen molar-refractivity contribution in [3.05, 3.63) is 63.9 Å². The molecule has 1 heterocycles. The Bertz CT molecular complexity index is 1030. The highest BCUT2D eigenvalue weighted by Gasteiger charge is 2.13. The van der Waals surface area contributed by atoms with E-state index in [-0.39, 0.29) is 11.5 Å². The molecule has 0 saturated carbocycles. The van der Waals surface area contributed by atoms with Gasteiger partial charge >= 0.3 is 0 Å². The van der Waals surface area contributed by atoms with E-state index in [9.17, 15) is 9.59 Å². The molecular formula is C22H24ClN3O2S. The molecule has 1 aromatic heterocycles. The smallest absolute Gasteiger partial charge is 0.266 e. The fraction of sp³-hybridized carbons (Fsp3) is 0.318. The summed E-state index contributed by atoms with van der Waals surface area (Å²) < 4.78 is 1.64. The number of thioether (sulfide) groups is 1. The third kappa shape index (κ3) is 5.61. The predicted octanol–water partition coefficient (Wildman–Crippen LogP) is 4.83. The van der Waals surface area contributed by atoms with E-state index >= 15 is 0 Å². The van der Waals surface area contributed by atoms with Crippen LogP contribution in [0, 0.1) is 0 Å². The molecule has 1 N–H and O–H groups in total. The number of aromatic nitrogens is 2. The molecule has 2 aromatic carbocycles. The Kier molecular flexibility index (Phi) is 7.72. The zero-order chi connectivity index (χ0) is 20.6. The van der Waals surface area contributed by atoms with Gasteiger partial charge in [0.15, 0.2) is 5.16 Å². The van der Waals surface area contributed by atoms with Crippen LogP contribution in [0.4, 0.5) is 0 Å². The summed E-state index contributed by atoms with van der Waals surface area (Å²) in [5.74, 6) is 0.873. The summed E-state index contributed by atoms with van der Waals surface area (Å²) in [6.07, 6.45) is 3.14. The van der Waals surface area contributed by atoms with Crippen LogP contribution in [0.3, 0.4) is 0 Å². The first kappa shape index (κ1) is 21.4. The second kappa shape index (κ2) is 10.5. The number of hydrogen-bond donors (Lipinski definition) is 1. The predicted molar refractivity (Wildman–Crippen MR) is 120 cm³/mol. The van der Waals surface area contributed by atoms with Crippen LogP contribution in [0.5, 0.6) is 0 Å². The SMILES string of the molecule is CCCNC(=O)CCCCSc1nc2ccccc2c(=O)n1-c1ccc(Cl)cc1. The highest BCUT2D eigenvalue weighted by atomic mass is 35.5. The number of halogens is 1. The van der Waals surface area contributed by atoms with Gasteiger partial charge in [-0.3, -0.25) is 14.2 Å². The summed E-state index contributed by atoms with van der Waals surface area (Å²) in [6, 6.07) is 14.5. The number of hydrogen-bond acceptors (Lipinski definition) is 4. The Morgan fingerprint density at radius 1 is 1.14 bits per heavy atom. The minimum Gasteiger partial charge on any atom is -0.356 e. The maximum absolute atomic E-state index is 13.1. The van der Waals surface area contributed by atoms with E-state index in [4.69, 9.17) is 16.6 Å². The standard InChI is InChI=1S/C22H24ClN3O2S/c1-2-14-24-20(27)9-5-6-15-29-22-25-19-8-4-3-7-18(19)21(28)26(22)17-12-10-16(23)11-13-17/h3-4,7-8,10-13H,2,5-6,9,14-15H2,1H3,(H,24,27). The second-order valence-electron chi connectivity index (χ2n) is 6.68. The number of carbonyl (C=O) groups is 1. The van der Waals surface area contributed by atoms with Crippen molar-refractivity contribution in [1.29, 1.82) is 0 Å². The molecular weight excluding hydrogens is 406 g/mol. The Labute approximate surface area is 179 Å². The molecule has 3 rings (SSSR count). The number of para-hydroxylation sites is 1. The molecule has 1 amide bonds. The first-order valence-corrected chi connectivity index (χ1v) is 11.1. The lowest BCUT2D eigenvalue weighted by Crippen LogP contribution is -2.23. The minimum atomic E-state index is -0.0978. The normalized spacial score (nSPS) is 11.0. The van der Waals surface area contributed by atoms with Crippen LogP contribution in [-0.2, 0) is 4.79 Å². The monoisotopic (exact) mass is 429 g/mol. The Morgan fingerprint density at radius 2 is 1.90 bits per heavy atom. The number of nitrogens with zero attached hydrogens (tertiary/aromatic N) is 2. The fourth-order valence-electron chi connectivity index (χ4n) is 2.93. The Balaban J connectivity index is 1.77. The number of amides is 1. The van der Waals surface area contributed by atoms with Crippen molar-refractivity contribution >= 4 is 40.2 Å². The summed E-state index contributed by atoms with van der Waals surface area (Å²) in [5.41, 5.74) is 1.32. The quantitative estimate of drug-likeness (QED) is 0.300. The van der Waals surface area contributed by atoms with Crippen molar-refractivity contribution in [2.24, 2.45) is 0 Å². The zero-order valence-corrected chi connectivity index (χ0v) is 17.9. The van der Waals surface area contributed by atoms with E-state index in [1.54, 1.807) is 22.8 Å². The molecule has 5 nitrogen and oxygen atoms in total. The van der Waals surface area contributed by atoms with Crippen molar-refractivity contribution in [2.45, 2.75) is 37.8 Å². The van der Waals surface area contributed by atoms with Crippen LogP contribution in [0.1, 0.15) is 32.6 Å². The third-order valence-corrected chi connectivity index (χ3v) is 5.71. The van der Waals surface area contributed by atoms with Gasteiger partial charge in [-0.2, -0.15) is 0 Å². The molecule has 7 heteroatoms. The van der Waals surface area contributed by atoms with Crippen LogP contribution in [0.15, 0.2) is 58.5 Å². The largest absolute Gasteiger partial charge is 0.356 e. The van der Waals surface area contributed by atoms with E-state index in [0.29, 0.717) is 27.5 Å². The molecule has 0 aliphatic heterocycles. The molecule has 0 bridgehead atoms. The number of benzene rings is 2. The number of rotatable bonds is 9. The third-order valence-electron chi connectivity index (χ3n) is 4.43. The number of carbonyl (C=O) groups excluding carboxylic acids is 1. The van der Waals surface area contributed by atoms with E-state index in [2.05, 4.69) is 5.32 Å². The van der Waals surface area contributed by atoms with Crippen molar-refractivity contribution in [3.8, 4) is 5.69 Å². The summed E-state index contributed by atoms with van der Waals surface area (Å²) in [6.45, 7) is 2.76. The van der Waals surface area contributed by atoms with E-state index in [1.807, 2.05) is 37.3 Å². The van der Waals surface area contributed by atoms with Crippen molar-refractivity contribution in [1.82, 2.24) is 14.9 Å². The number of nitrogens with one attached hydrogen (secondary N) is 1. The highest BCUT2D eigenvalue weighted by molar-refractivity contribution is 7.99. The molecule has 0 saturated heterocycles. The molecule has 29 heavy (non-hydrogen) atoms. The van der Waals surface area contributed by atoms with Crippen LogP contribution in [0.25, 0.3) is 16.6 Å². The van der Waals surface area contributed by atoms with Crippen LogP contribution in [-0.4, -0.2) is 27.8 Å². The summed E-state index contributed by atoms with van der Waals surface area (Å²) in [4.78, 5) is 29.6. The van der Waals surface area contributed by atoms with Crippen LogP contribution in [0.2, 0.25) is 5.02 Å². The molecule has 0 radical (unpaired) electrons. The Morgan fingerprint density at radius 3 is 2.66 bits per heavy atom. The maximum atomic E-state index is 13.1. The first-order chi connectivity index (χ1) is 14.1. The summed E-state index contributed by atoms with van der Waals surface area (Å²) in [7, 11) is 0. The van der Waals surface area contributed by atoms with Gasteiger partial charge in [0.25, 0.3) is 5.56 Å². The molecule has 0 aliphatic carbocycles. The zero-order valence-electron chi connectivity index (χ0n) is 16.4. The Hall–Kier alpha value is -2.31. The summed E-state index contributed by atoms with van der Waals surface area (Å²) in [5, 5.41) is 4.73. The molecule has 0 fully saturated rings. The van der Waals surface area contributed by atoms with E-state index < -0.39 is 0 Å². The van der Waals surface area contributed by atoms with Gasteiger partial charge in [-0.15, -0.1) is 0 Å². The average molecular weight is 430 g/mol. The van der Waals surface area contributed by atoms with Crippen LogP contribution < -0.4 is 10.9 Å². The lowest BCUT2D eigenvalue weighted by atomic mass is 10.2. The topological polar surface area (TPSA) is 64.0 Å². The highest BCUT2D eigenvalue weighted by Crippen LogP contribution is 2.23. The molecule has 0 spiro atoms. The molecule has 0 atom stereocenters. The van der Waals surface area contributed by atoms with Crippen molar-refractivity contribution < 1.29 is 4.79 Å². The minimum absolute atomic E-state index is 0.0961.